The normalized spacial score (nSPS) is 13.1. The van der Waals surface area contributed by atoms with Crippen molar-refractivity contribution in [3.8, 4) is 0 Å². The monoisotopic (exact) mass is 323 g/mol. The third-order valence-electron chi connectivity index (χ3n) is 3.23. The highest BCUT2D eigenvalue weighted by atomic mass is 35.5. The van der Waals surface area contributed by atoms with Crippen molar-refractivity contribution in [2.45, 2.75) is 17.9 Å². The molecule has 112 valence electrons. The first-order valence-electron chi connectivity index (χ1n) is 6.70. The lowest BCUT2D eigenvalue weighted by atomic mass is 9.99. The van der Waals surface area contributed by atoms with Gasteiger partial charge < -0.3 is 5.32 Å². The van der Waals surface area contributed by atoms with Crippen LogP contribution in [0.5, 0.6) is 0 Å². The number of rotatable bonds is 5. The van der Waals surface area contributed by atoms with E-state index in [1.165, 1.54) is 6.26 Å². The topological polar surface area (TPSA) is 46.2 Å². The molecule has 2 aromatic rings. The fraction of sp³-hybridized carbons (Fsp3) is 0.250. The summed E-state index contributed by atoms with van der Waals surface area (Å²) in [6.45, 7) is 2.83. The first-order valence-corrected chi connectivity index (χ1v) is 8.97. The molecule has 3 nitrogen and oxygen atoms in total. The Bertz CT molecular complexity index is 711. The van der Waals surface area contributed by atoms with Gasteiger partial charge in [-0.2, -0.15) is 0 Å². The molecule has 0 aliphatic rings. The maximum atomic E-state index is 11.5. The number of hydrogen-bond donors (Lipinski definition) is 1. The predicted octanol–water partition coefficient (Wildman–Crippen LogP) is 3.44. The zero-order chi connectivity index (χ0) is 15.5. The Kier molecular flexibility index (Phi) is 5.04. The minimum Gasteiger partial charge on any atom is -0.307 e. The van der Waals surface area contributed by atoms with Gasteiger partial charge in [0.15, 0.2) is 9.84 Å². The van der Waals surface area contributed by atoms with Gasteiger partial charge in [-0.1, -0.05) is 42.8 Å². The molecule has 0 amide bonds. The fourth-order valence-electron chi connectivity index (χ4n) is 2.23. The van der Waals surface area contributed by atoms with Crippen molar-refractivity contribution in [3.05, 3.63) is 64.7 Å². The van der Waals surface area contributed by atoms with E-state index in [1.807, 2.05) is 43.3 Å². The van der Waals surface area contributed by atoms with Gasteiger partial charge >= 0.3 is 0 Å². The van der Waals surface area contributed by atoms with Gasteiger partial charge in [-0.05, 0) is 41.9 Å². The summed E-state index contributed by atoms with van der Waals surface area (Å²) in [7, 11) is -3.17. The average molecular weight is 324 g/mol. The van der Waals surface area contributed by atoms with Crippen LogP contribution in [0.2, 0.25) is 5.02 Å². The highest BCUT2D eigenvalue weighted by Gasteiger charge is 2.14. The minimum atomic E-state index is -3.17. The summed E-state index contributed by atoms with van der Waals surface area (Å²) < 4.78 is 23.0. The summed E-state index contributed by atoms with van der Waals surface area (Å²) in [5.74, 6) is 0. The average Bonchev–Trinajstić information content (AvgIpc) is 2.44. The van der Waals surface area contributed by atoms with Crippen molar-refractivity contribution in [2.24, 2.45) is 0 Å². The van der Waals surface area contributed by atoms with Crippen molar-refractivity contribution in [2.75, 3.05) is 12.8 Å². The van der Waals surface area contributed by atoms with E-state index >= 15 is 0 Å². The Hall–Kier alpha value is -1.36. The van der Waals surface area contributed by atoms with E-state index in [0.717, 1.165) is 17.7 Å². The van der Waals surface area contributed by atoms with Crippen LogP contribution in [0.15, 0.2) is 53.4 Å². The summed E-state index contributed by atoms with van der Waals surface area (Å²) in [6, 6.07) is 14.6. The number of halogens is 1. The van der Waals surface area contributed by atoms with Gasteiger partial charge in [-0.3, -0.25) is 0 Å². The number of sulfone groups is 1. The molecule has 0 aliphatic carbocycles. The second-order valence-corrected chi connectivity index (χ2v) is 7.34. The third-order valence-corrected chi connectivity index (χ3v) is 4.60. The Morgan fingerprint density at radius 3 is 2.29 bits per heavy atom. The molecule has 0 saturated heterocycles. The van der Waals surface area contributed by atoms with E-state index in [-0.39, 0.29) is 6.04 Å². The van der Waals surface area contributed by atoms with Gasteiger partial charge in [-0.15, -0.1) is 0 Å². The molecule has 2 rings (SSSR count). The molecule has 21 heavy (non-hydrogen) atoms. The van der Waals surface area contributed by atoms with E-state index < -0.39 is 9.84 Å². The van der Waals surface area contributed by atoms with Crippen LogP contribution in [-0.4, -0.2) is 21.2 Å². The van der Waals surface area contributed by atoms with Crippen molar-refractivity contribution in [1.82, 2.24) is 5.32 Å². The van der Waals surface area contributed by atoms with Gasteiger partial charge in [-0.25, -0.2) is 8.42 Å². The standard InChI is InChI=1S/C16H18ClNO2S/c1-3-18-16(13-5-4-6-14(17)11-13)12-7-9-15(10-8-12)21(2,19)20/h4-11,16,18H,3H2,1-2H3. The lowest BCUT2D eigenvalue weighted by Gasteiger charge is -2.19. The lowest BCUT2D eigenvalue weighted by molar-refractivity contribution is 0.601. The van der Waals surface area contributed by atoms with Crippen molar-refractivity contribution >= 4 is 21.4 Å². The molecule has 0 saturated carbocycles. The summed E-state index contributed by atoms with van der Waals surface area (Å²) in [5.41, 5.74) is 2.06. The van der Waals surface area contributed by atoms with Gasteiger partial charge in [0, 0.05) is 11.3 Å². The second kappa shape index (κ2) is 6.60. The molecule has 0 aliphatic heterocycles. The summed E-state index contributed by atoms with van der Waals surface area (Å²) in [5, 5.41) is 4.08. The largest absolute Gasteiger partial charge is 0.307 e. The molecule has 1 unspecified atom stereocenters. The van der Waals surface area contributed by atoms with Crippen LogP contribution in [0.4, 0.5) is 0 Å². The van der Waals surface area contributed by atoms with E-state index in [9.17, 15) is 8.42 Å². The molecule has 0 radical (unpaired) electrons. The molecule has 0 fully saturated rings. The van der Waals surface area contributed by atoms with Crippen LogP contribution >= 0.6 is 11.6 Å². The van der Waals surface area contributed by atoms with E-state index in [2.05, 4.69) is 5.32 Å². The zero-order valence-corrected chi connectivity index (χ0v) is 13.6. The van der Waals surface area contributed by atoms with Crippen LogP contribution in [-0.2, 0) is 9.84 Å². The van der Waals surface area contributed by atoms with E-state index in [1.54, 1.807) is 12.1 Å². The predicted molar refractivity (Wildman–Crippen MR) is 86.5 cm³/mol. The van der Waals surface area contributed by atoms with Crippen LogP contribution < -0.4 is 5.32 Å². The molecular formula is C16H18ClNO2S. The molecule has 2 aromatic carbocycles. The molecular weight excluding hydrogens is 306 g/mol. The zero-order valence-electron chi connectivity index (χ0n) is 12.0. The van der Waals surface area contributed by atoms with Gasteiger partial charge in [0.2, 0.25) is 0 Å². The first-order chi connectivity index (χ1) is 9.91. The summed E-state index contributed by atoms with van der Waals surface area (Å²) in [4.78, 5) is 0.326. The van der Waals surface area contributed by atoms with Crippen LogP contribution in [0.1, 0.15) is 24.1 Å². The van der Waals surface area contributed by atoms with E-state index in [0.29, 0.717) is 9.92 Å². The minimum absolute atomic E-state index is 0.0117. The Morgan fingerprint density at radius 2 is 1.76 bits per heavy atom. The Balaban J connectivity index is 2.39. The van der Waals surface area contributed by atoms with Crippen molar-refractivity contribution < 1.29 is 8.42 Å². The highest BCUT2D eigenvalue weighted by Crippen LogP contribution is 2.25. The maximum absolute atomic E-state index is 11.5. The van der Waals surface area contributed by atoms with Gasteiger partial charge in [0.05, 0.1) is 10.9 Å². The molecule has 0 spiro atoms. The molecule has 0 bridgehead atoms. The molecule has 1 N–H and O–H groups in total. The Morgan fingerprint density at radius 1 is 1.10 bits per heavy atom. The number of hydrogen-bond acceptors (Lipinski definition) is 3. The Labute approximate surface area is 130 Å². The first kappa shape index (κ1) is 16.0. The van der Waals surface area contributed by atoms with Gasteiger partial charge in [0.25, 0.3) is 0 Å². The molecule has 5 heteroatoms. The van der Waals surface area contributed by atoms with Crippen LogP contribution in [0, 0.1) is 0 Å². The van der Waals surface area contributed by atoms with Crippen molar-refractivity contribution in [3.63, 3.8) is 0 Å². The third kappa shape index (κ3) is 4.06. The SMILES string of the molecule is CCNC(c1ccc(S(C)(=O)=O)cc1)c1cccc(Cl)c1. The van der Waals surface area contributed by atoms with E-state index in [4.69, 9.17) is 11.6 Å². The fourth-order valence-corrected chi connectivity index (χ4v) is 3.06. The maximum Gasteiger partial charge on any atom is 0.175 e. The molecule has 0 heterocycles. The summed E-state index contributed by atoms with van der Waals surface area (Å²) >= 11 is 6.05. The molecule has 1 atom stereocenters. The number of benzene rings is 2. The summed E-state index contributed by atoms with van der Waals surface area (Å²) in [6.07, 6.45) is 1.21. The second-order valence-electron chi connectivity index (χ2n) is 4.89. The highest BCUT2D eigenvalue weighted by molar-refractivity contribution is 7.90. The number of nitrogens with one attached hydrogen (secondary N) is 1. The molecule has 0 aromatic heterocycles. The van der Waals surface area contributed by atoms with Crippen LogP contribution in [0.3, 0.4) is 0 Å². The van der Waals surface area contributed by atoms with Gasteiger partial charge in [0.1, 0.15) is 0 Å². The lowest BCUT2D eigenvalue weighted by Crippen LogP contribution is -2.22. The van der Waals surface area contributed by atoms with Crippen LogP contribution in [0.25, 0.3) is 0 Å². The van der Waals surface area contributed by atoms with Crippen molar-refractivity contribution in [1.29, 1.82) is 0 Å². The quantitative estimate of drug-likeness (QED) is 0.916. The smallest absolute Gasteiger partial charge is 0.175 e.